The predicted octanol–water partition coefficient (Wildman–Crippen LogP) is 1.70. The zero-order valence-electron chi connectivity index (χ0n) is 14.1. The Balaban J connectivity index is 1.50. The highest BCUT2D eigenvalue weighted by Gasteiger charge is 2.39. The Morgan fingerprint density at radius 3 is 2.42 bits per heavy atom. The van der Waals surface area contributed by atoms with Gasteiger partial charge in [0.05, 0.1) is 13.2 Å². The van der Waals surface area contributed by atoms with E-state index in [0.717, 1.165) is 51.1 Å². The first kappa shape index (κ1) is 16.1. The molecule has 24 heavy (non-hydrogen) atoms. The standard InChI is InChI=1S/C19H26N2O3/c22-19(24-17-14-20-8-6-15(17)7-9-20)18(16-4-2-1-3-5-16)21-10-12-23-13-11-21/h1-5,15,17-18H,6-14H2. The number of nitrogens with zero attached hydrogens (tertiary/aromatic N) is 2. The molecule has 5 heteroatoms. The lowest BCUT2D eigenvalue weighted by Crippen LogP contribution is -2.53. The monoisotopic (exact) mass is 330 g/mol. The number of esters is 1. The fourth-order valence-corrected chi connectivity index (χ4v) is 4.22. The van der Waals surface area contributed by atoms with Crippen LogP contribution in [0.25, 0.3) is 0 Å². The van der Waals surface area contributed by atoms with Crippen LogP contribution in [0.4, 0.5) is 0 Å². The number of carbonyl (C=O) groups is 1. The molecule has 130 valence electrons. The number of ether oxygens (including phenoxy) is 2. The van der Waals surface area contributed by atoms with Crippen LogP contribution in [0.1, 0.15) is 24.4 Å². The van der Waals surface area contributed by atoms with Gasteiger partial charge < -0.3 is 9.47 Å². The van der Waals surface area contributed by atoms with Gasteiger partial charge in [0, 0.05) is 19.6 Å². The van der Waals surface area contributed by atoms with E-state index in [2.05, 4.69) is 9.80 Å². The lowest BCUT2D eigenvalue weighted by Gasteiger charge is -2.44. The zero-order valence-corrected chi connectivity index (χ0v) is 14.1. The zero-order chi connectivity index (χ0) is 16.4. The Morgan fingerprint density at radius 2 is 1.79 bits per heavy atom. The minimum Gasteiger partial charge on any atom is -0.459 e. The van der Waals surface area contributed by atoms with Gasteiger partial charge in [-0.1, -0.05) is 30.3 Å². The molecule has 2 unspecified atom stereocenters. The molecule has 0 amide bonds. The molecule has 1 aromatic carbocycles. The maximum Gasteiger partial charge on any atom is 0.328 e. The van der Waals surface area contributed by atoms with Crippen LogP contribution >= 0.6 is 0 Å². The highest BCUT2D eigenvalue weighted by Crippen LogP contribution is 2.32. The first-order valence-corrected chi connectivity index (χ1v) is 9.11. The van der Waals surface area contributed by atoms with Crippen molar-refractivity contribution in [3.05, 3.63) is 35.9 Å². The van der Waals surface area contributed by atoms with Gasteiger partial charge in [0.25, 0.3) is 0 Å². The van der Waals surface area contributed by atoms with E-state index in [0.29, 0.717) is 19.1 Å². The Morgan fingerprint density at radius 1 is 1.08 bits per heavy atom. The molecule has 0 spiro atoms. The van der Waals surface area contributed by atoms with Gasteiger partial charge in [0.1, 0.15) is 12.1 Å². The summed E-state index contributed by atoms with van der Waals surface area (Å²) in [7, 11) is 0. The minimum atomic E-state index is -0.314. The van der Waals surface area contributed by atoms with Crippen LogP contribution in [-0.4, -0.2) is 67.8 Å². The lowest BCUT2D eigenvalue weighted by atomic mass is 9.86. The third kappa shape index (κ3) is 3.34. The van der Waals surface area contributed by atoms with Crippen molar-refractivity contribution >= 4 is 5.97 Å². The van der Waals surface area contributed by atoms with Crippen molar-refractivity contribution in [1.29, 1.82) is 0 Å². The number of piperidine rings is 3. The Bertz CT molecular complexity index is 551. The molecule has 4 heterocycles. The molecule has 0 aliphatic carbocycles. The molecule has 2 bridgehead atoms. The summed E-state index contributed by atoms with van der Waals surface area (Å²) >= 11 is 0. The summed E-state index contributed by atoms with van der Waals surface area (Å²) in [6.07, 6.45) is 2.38. The normalized spacial score (nSPS) is 31.6. The van der Waals surface area contributed by atoms with Gasteiger partial charge in [-0.2, -0.15) is 0 Å². The fourth-order valence-electron chi connectivity index (χ4n) is 4.22. The number of carbonyl (C=O) groups excluding carboxylic acids is 1. The average Bonchev–Trinajstić information content (AvgIpc) is 2.65. The first-order valence-electron chi connectivity index (χ1n) is 9.11. The molecule has 4 fully saturated rings. The first-order chi connectivity index (χ1) is 11.8. The maximum atomic E-state index is 13.1. The number of hydrogen-bond acceptors (Lipinski definition) is 5. The van der Waals surface area contributed by atoms with Crippen LogP contribution in [0.3, 0.4) is 0 Å². The van der Waals surface area contributed by atoms with Crippen molar-refractivity contribution < 1.29 is 14.3 Å². The maximum absolute atomic E-state index is 13.1. The Hall–Kier alpha value is -1.43. The quantitative estimate of drug-likeness (QED) is 0.786. The molecular formula is C19H26N2O3. The molecule has 0 N–H and O–H groups in total. The van der Waals surface area contributed by atoms with Crippen molar-refractivity contribution in [1.82, 2.24) is 9.80 Å². The van der Waals surface area contributed by atoms with Crippen LogP contribution in [-0.2, 0) is 14.3 Å². The largest absolute Gasteiger partial charge is 0.459 e. The van der Waals surface area contributed by atoms with E-state index >= 15 is 0 Å². The summed E-state index contributed by atoms with van der Waals surface area (Å²) in [4.78, 5) is 17.7. The predicted molar refractivity (Wildman–Crippen MR) is 90.6 cm³/mol. The topological polar surface area (TPSA) is 42.0 Å². The number of morpholine rings is 1. The van der Waals surface area contributed by atoms with Gasteiger partial charge in [0.15, 0.2) is 0 Å². The number of rotatable bonds is 4. The molecule has 4 aliphatic heterocycles. The number of hydrogen-bond donors (Lipinski definition) is 0. The second-order valence-corrected chi connectivity index (χ2v) is 7.07. The Labute approximate surface area is 143 Å². The second-order valence-electron chi connectivity index (χ2n) is 7.07. The van der Waals surface area contributed by atoms with E-state index < -0.39 is 0 Å². The molecule has 5 rings (SSSR count). The lowest BCUT2D eigenvalue weighted by molar-refractivity contribution is -0.167. The highest BCUT2D eigenvalue weighted by molar-refractivity contribution is 5.78. The van der Waals surface area contributed by atoms with Crippen molar-refractivity contribution in [2.24, 2.45) is 5.92 Å². The summed E-state index contributed by atoms with van der Waals surface area (Å²) in [5, 5.41) is 0. The summed E-state index contributed by atoms with van der Waals surface area (Å²) in [6.45, 7) is 6.12. The molecular weight excluding hydrogens is 304 g/mol. The minimum absolute atomic E-state index is 0.0623. The third-order valence-electron chi connectivity index (χ3n) is 5.61. The number of fused-ring (bicyclic) bond motifs is 3. The molecule has 4 saturated heterocycles. The number of benzene rings is 1. The molecule has 5 nitrogen and oxygen atoms in total. The van der Waals surface area contributed by atoms with E-state index in [-0.39, 0.29) is 18.1 Å². The van der Waals surface area contributed by atoms with Crippen LogP contribution in [0.2, 0.25) is 0 Å². The van der Waals surface area contributed by atoms with E-state index in [1.807, 2.05) is 30.3 Å². The third-order valence-corrected chi connectivity index (χ3v) is 5.61. The van der Waals surface area contributed by atoms with E-state index in [1.165, 1.54) is 0 Å². The summed E-state index contributed by atoms with van der Waals surface area (Å²) in [5.41, 5.74) is 1.02. The molecule has 1 aromatic rings. The summed E-state index contributed by atoms with van der Waals surface area (Å²) in [6, 6.07) is 9.70. The fraction of sp³-hybridized carbons (Fsp3) is 0.632. The van der Waals surface area contributed by atoms with Gasteiger partial charge in [-0.25, -0.2) is 4.79 Å². The summed E-state index contributed by atoms with van der Waals surface area (Å²) < 4.78 is 11.5. The van der Waals surface area contributed by atoms with Crippen molar-refractivity contribution in [2.45, 2.75) is 25.0 Å². The van der Waals surface area contributed by atoms with Crippen LogP contribution in [0.15, 0.2) is 30.3 Å². The second kappa shape index (κ2) is 7.21. The van der Waals surface area contributed by atoms with E-state index in [1.54, 1.807) is 0 Å². The van der Waals surface area contributed by atoms with Crippen molar-refractivity contribution in [3.8, 4) is 0 Å². The molecule has 0 aromatic heterocycles. The molecule has 0 saturated carbocycles. The van der Waals surface area contributed by atoms with Crippen LogP contribution < -0.4 is 0 Å². The summed E-state index contributed by atoms with van der Waals surface area (Å²) in [5.74, 6) is 0.446. The van der Waals surface area contributed by atoms with Gasteiger partial charge in [0.2, 0.25) is 0 Å². The van der Waals surface area contributed by atoms with Gasteiger partial charge in [-0.15, -0.1) is 0 Å². The smallest absolute Gasteiger partial charge is 0.328 e. The van der Waals surface area contributed by atoms with Crippen LogP contribution in [0, 0.1) is 5.92 Å². The molecule has 2 atom stereocenters. The highest BCUT2D eigenvalue weighted by atomic mass is 16.5. The van der Waals surface area contributed by atoms with Gasteiger partial charge in [-0.3, -0.25) is 9.80 Å². The average molecular weight is 330 g/mol. The van der Waals surface area contributed by atoms with Crippen molar-refractivity contribution in [2.75, 3.05) is 45.9 Å². The van der Waals surface area contributed by atoms with Crippen LogP contribution in [0.5, 0.6) is 0 Å². The van der Waals surface area contributed by atoms with Gasteiger partial charge >= 0.3 is 5.97 Å². The SMILES string of the molecule is O=C(OC1CN2CCC1CC2)C(c1ccccc1)N1CCOCC1. The Kier molecular flexibility index (Phi) is 4.83. The van der Waals surface area contributed by atoms with Gasteiger partial charge in [-0.05, 0) is 37.4 Å². The van der Waals surface area contributed by atoms with E-state index in [9.17, 15) is 4.79 Å². The van der Waals surface area contributed by atoms with Crippen molar-refractivity contribution in [3.63, 3.8) is 0 Å². The molecule has 0 radical (unpaired) electrons. The molecule has 4 aliphatic rings. The van der Waals surface area contributed by atoms with E-state index in [4.69, 9.17) is 9.47 Å².